The van der Waals surface area contributed by atoms with Crippen LogP contribution in [0.3, 0.4) is 0 Å². The van der Waals surface area contributed by atoms with Crippen LogP contribution in [0.25, 0.3) is 0 Å². The number of hydrogen-bond donors (Lipinski definition) is 1. The van der Waals surface area contributed by atoms with Crippen molar-refractivity contribution < 1.29 is 9.53 Å². The smallest absolute Gasteiger partial charge is 0.326 e. The van der Waals surface area contributed by atoms with E-state index in [1.165, 1.54) is 0 Å². The molecule has 1 aliphatic rings. The molecule has 1 saturated carbocycles. The van der Waals surface area contributed by atoms with Gasteiger partial charge in [-0.05, 0) is 37.5 Å². The molecule has 0 heterocycles. The second-order valence-corrected chi connectivity index (χ2v) is 6.13. The third kappa shape index (κ3) is 3.14. The Bertz CT molecular complexity index is 312. The first kappa shape index (κ1) is 15.2. The van der Waals surface area contributed by atoms with Gasteiger partial charge in [-0.3, -0.25) is 10.1 Å². The van der Waals surface area contributed by atoms with Crippen molar-refractivity contribution in [3.63, 3.8) is 0 Å². The van der Waals surface area contributed by atoms with Gasteiger partial charge in [-0.15, -0.1) is 6.58 Å². The lowest BCUT2D eigenvalue weighted by Crippen LogP contribution is -2.60. The summed E-state index contributed by atoms with van der Waals surface area (Å²) >= 11 is 0. The van der Waals surface area contributed by atoms with Gasteiger partial charge < -0.3 is 4.74 Å². The molecule has 1 rings (SSSR count). The fourth-order valence-electron chi connectivity index (χ4n) is 3.04. The quantitative estimate of drug-likeness (QED) is 0.605. The molecule has 104 valence electrons. The van der Waals surface area contributed by atoms with Gasteiger partial charge in [0.2, 0.25) is 0 Å². The monoisotopic (exact) mass is 253 g/mol. The molecule has 0 spiro atoms. The lowest BCUT2D eigenvalue weighted by atomic mass is 9.63. The summed E-state index contributed by atoms with van der Waals surface area (Å²) in [7, 11) is 0. The number of ether oxygens (including phenoxy) is 1. The minimum absolute atomic E-state index is 0.102. The van der Waals surface area contributed by atoms with E-state index in [1.807, 2.05) is 6.92 Å². The summed E-state index contributed by atoms with van der Waals surface area (Å²) in [4.78, 5) is 12.3. The fraction of sp³-hybridized carbons (Fsp3) is 0.800. The zero-order valence-electron chi connectivity index (χ0n) is 12.2. The number of hydrogen-bond acceptors (Lipinski definition) is 3. The third-order valence-corrected chi connectivity index (χ3v) is 4.10. The molecule has 1 fully saturated rings. The SMILES string of the molecule is C=CCNC1(C(=O)OCC)CCC(C)(C)CC1C. The van der Waals surface area contributed by atoms with Gasteiger partial charge in [0.15, 0.2) is 0 Å². The Hall–Kier alpha value is -0.830. The van der Waals surface area contributed by atoms with Crippen molar-refractivity contribution in [2.45, 2.75) is 52.5 Å². The minimum Gasteiger partial charge on any atom is -0.465 e. The molecule has 0 aromatic heterocycles. The maximum Gasteiger partial charge on any atom is 0.326 e. The van der Waals surface area contributed by atoms with Crippen LogP contribution in [0.1, 0.15) is 47.0 Å². The summed E-state index contributed by atoms with van der Waals surface area (Å²) < 4.78 is 5.28. The van der Waals surface area contributed by atoms with Gasteiger partial charge in [0.05, 0.1) is 6.61 Å². The van der Waals surface area contributed by atoms with Gasteiger partial charge in [-0.1, -0.05) is 26.8 Å². The molecule has 2 atom stereocenters. The molecular weight excluding hydrogens is 226 g/mol. The molecule has 0 amide bonds. The molecular formula is C15H27NO2. The molecule has 0 saturated heterocycles. The van der Waals surface area contributed by atoms with Crippen LogP contribution < -0.4 is 5.32 Å². The highest BCUT2D eigenvalue weighted by atomic mass is 16.5. The van der Waals surface area contributed by atoms with Crippen molar-refractivity contribution in [1.82, 2.24) is 5.32 Å². The molecule has 0 radical (unpaired) electrons. The molecule has 0 aliphatic heterocycles. The second kappa shape index (κ2) is 5.87. The Labute approximate surface area is 111 Å². The van der Waals surface area contributed by atoms with Crippen molar-refractivity contribution in [3.8, 4) is 0 Å². The second-order valence-electron chi connectivity index (χ2n) is 6.13. The minimum atomic E-state index is -0.528. The number of nitrogens with one attached hydrogen (secondary N) is 1. The molecule has 0 aromatic carbocycles. The summed E-state index contributed by atoms with van der Waals surface area (Å²) in [6.45, 7) is 13.3. The Morgan fingerprint density at radius 3 is 2.67 bits per heavy atom. The van der Waals surface area contributed by atoms with Crippen LogP contribution in [-0.2, 0) is 9.53 Å². The number of carbonyl (C=O) groups excluding carboxylic acids is 1. The van der Waals surface area contributed by atoms with Crippen LogP contribution in [-0.4, -0.2) is 24.7 Å². The highest BCUT2D eigenvalue weighted by Gasteiger charge is 2.49. The highest BCUT2D eigenvalue weighted by molar-refractivity contribution is 5.81. The number of rotatable bonds is 5. The first-order chi connectivity index (χ1) is 8.38. The predicted octanol–water partition coefficient (Wildman–Crippen LogP) is 2.91. The Kier molecular flexibility index (Phi) is 4.97. The predicted molar refractivity (Wildman–Crippen MR) is 74.4 cm³/mol. The zero-order valence-corrected chi connectivity index (χ0v) is 12.2. The van der Waals surface area contributed by atoms with Crippen LogP contribution in [0.15, 0.2) is 12.7 Å². The van der Waals surface area contributed by atoms with Crippen molar-refractivity contribution in [1.29, 1.82) is 0 Å². The molecule has 0 aromatic rings. The van der Waals surface area contributed by atoms with Crippen molar-refractivity contribution in [2.24, 2.45) is 11.3 Å². The van der Waals surface area contributed by atoms with Crippen molar-refractivity contribution in [2.75, 3.05) is 13.2 Å². The van der Waals surface area contributed by atoms with Crippen LogP contribution >= 0.6 is 0 Å². The average molecular weight is 253 g/mol. The van der Waals surface area contributed by atoms with Crippen LogP contribution in [0, 0.1) is 11.3 Å². The maximum atomic E-state index is 12.3. The standard InChI is InChI=1S/C15H27NO2/c1-6-10-16-15(13(17)18-7-2)9-8-14(4,5)11-12(15)3/h6,12,16H,1,7-11H2,2-5H3. The molecule has 3 nitrogen and oxygen atoms in total. The van der Waals surface area contributed by atoms with Gasteiger partial charge in [-0.2, -0.15) is 0 Å². The van der Waals surface area contributed by atoms with E-state index in [2.05, 4.69) is 32.7 Å². The Morgan fingerprint density at radius 2 is 2.17 bits per heavy atom. The van der Waals surface area contributed by atoms with E-state index < -0.39 is 5.54 Å². The fourth-order valence-corrected chi connectivity index (χ4v) is 3.04. The van der Waals surface area contributed by atoms with Crippen molar-refractivity contribution >= 4 is 5.97 Å². The molecule has 0 bridgehead atoms. The van der Waals surface area contributed by atoms with Gasteiger partial charge in [0, 0.05) is 6.54 Å². The molecule has 3 heteroatoms. The highest BCUT2D eigenvalue weighted by Crippen LogP contribution is 2.44. The summed E-state index contributed by atoms with van der Waals surface area (Å²) in [6, 6.07) is 0. The molecule has 18 heavy (non-hydrogen) atoms. The first-order valence-corrected chi connectivity index (χ1v) is 6.91. The average Bonchev–Trinajstić information content (AvgIpc) is 2.28. The topological polar surface area (TPSA) is 38.3 Å². The van der Waals surface area contributed by atoms with Crippen LogP contribution in [0.2, 0.25) is 0 Å². The normalized spacial score (nSPS) is 30.8. The maximum absolute atomic E-state index is 12.3. The van der Waals surface area contributed by atoms with E-state index in [0.717, 1.165) is 19.3 Å². The lowest BCUT2D eigenvalue weighted by Gasteiger charge is -2.46. The van der Waals surface area contributed by atoms with E-state index >= 15 is 0 Å². The van der Waals surface area contributed by atoms with E-state index in [4.69, 9.17) is 4.74 Å². The molecule has 1 aliphatic carbocycles. The van der Waals surface area contributed by atoms with Crippen LogP contribution in [0.5, 0.6) is 0 Å². The first-order valence-electron chi connectivity index (χ1n) is 6.91. The molecule has 1 N–H and O–H groups in total. The van der Waals surface area contributed by atoms with Gasteiger partial charge in [-0.25, -0.2) is 0 Å². The van der Waals surface area contributed by atoms with E-state index in [1.54, 1.807) is 6.08 Å². The van der Waals surface area contributed by atoms with Gasteiger partial charge in [0.25, 0.3) is 0 Å². The Morgan fingerprint density at radius 1 is 1.50 bits per heavy atom. The summed E-state index contributed by atoms with van der Waals surface area (Å²) in [5, 5.41) is 3.36. The van der Waals surface area contributed by atoms with E-state index in [-0.39, 0.29) is 11.9 Å². The van der Waals surface area contributed by atoms with E-state index in [9.17, 15) is 4.79 Å². The summed E-state index contributed by atoms with van der Waals surface area (Å²) in [5.74, 6) is 0.176. The zero-order chi connectivity index (χ0) is 13.8. The van der Waals surface area contributed by atoms with Crippen LogP contribution in [0.4, 0.5) is 0 Å². The third-order valence-electron chi connectivity index (χ3n) is 4.10. The van der Waals surface area contributed by atoms with Gasteiger partial charge in [0.1, 0.15) is 5.54 Å². The van der Waals surface area contributed by atoms with Gasteiger partial charge >= 0.3 is 5.97 Å². The summed E-state index contributed by atoms with van der Waals surface area (Å²) in [5.41, 5.74) is -0.217. The van der Waals surface area contributed by atoms with Crippen molar-refractivity contribution in [3.05, 3.63) is 12.7 Å². The molecule has 2 unspecified atom stereocenters. The lowest BCUT2D eigenvalue weighted by molar-refractivity contribution is -0.156. The summed E-state index contributed by atoms with van der Waals surface area (Å²) in [6.07, 6.45) is 4.72. The number of carbonyl (C=O) groups is 1. The van der Waals surface area contributed by atoms with E-state index in [0.29, 0.717) is 18.6 Å². The number of esters is 1. The Balaban J connectivity index is 2.90. The largest absolute Gasteiger partial charge is 0.465 e.